The minimum atomic E-state index is 0. The first-order valence-electron chi connectivity index (χ1n) is 7.22. The van der Waals surface area contributed by atoms with E-state index in [4.69, 9.17) is 6.42 Å². The molecule has 0 aliphatic carbocycles. The number of aromatic amines is 1. The maximum absolute atomic E-state index is 5.23. The number of terminal acetylenes is 1. The van der Waals surface area contributed by atoms with Gasteiger partial charge in [0, 0.05) is 19.5 Å². The van der Waals surface area contributed by atoms with E-state index in [1.54, 1.807) is 0 Å². The van der Waals surface area contributed by atoms with Gasteiger partial charge in [0.15, 0.2) is 5.96 Å². The molecule has 2 rings (SSSR count). The zero-order valence-electron chi connectivity index (χ0n) is 12.7. The molecule has 2 aromatic rings. The Kier molecular flexibility index (Phi) is 8.36. The van der Waals surface area contributed by atoms with Gasteiger partial charge in [0.25, 0.3) is 0 Å². The number of imidazole rings is 1. The van der Waals surface area contributed by atoms with E-state index >= 15 is 0 Å². The maximum Gasteiger partial charge on any atom is 0.192 e. The number of halogens is 1. The summed E-state index contributed by atoms with van der Waals surface area (Å²) in [4.78, 5) is 12.4. The fourth-order valence-corrected chi connectivity index (χ4v) is 2.04. The summed E-state index contributed by atoms with van der Waals surface area (Å²) in [7, 11) is 0. The van der Waals surface area contributed by atoms with E-state index in [2.05, 4.69) is 31.5 Å². The van der Waals surface area contributed by atoms with E-state index < -0.39 is 0 Å². The second kappa shape index (κ2) is 10.1. The van der Waals surface area contributed by atoms with Crippen LogP contribution < -0.4 is 10.6 Å². The highest BCUT2D eigenvalue weighted by Crippen LogP contribution is 2.11. The molecule has 0 aliphatic heterocycles. The normalized spacial score (nSPS) is 10.8. The van der Waals surface area contributed by atoms with Crippen LogP contribution in [0, 0.1) is 12.3 Å². The lowest BCUT2D eigenvalue weighted by molar-refractivity contribution is 0.779. The third-order valence-electron chi connectivity index (χ3n) is 2.98. The molecule has 1 aromatic heterocycles. The topological polar surface area (TPSA) is 65.1 Å². The second-order valence-electron chi connectivity index (χ2n) is 4.62. The number of nitrogens with zero attached hydrogens (tertiary/aromatic N) is 2. The van der Waals surface area contributed by atoms with Gasteiger partial charge in [-0.25, -0.2) is 4.98 Å². The first-order valence-corrected chi connectivity index (χ1v) is 7.22. The molecule has 3 N–H and O–H groups in total. The highest BCUT2D eigenvalue weighted by molar-refractivity contribution is 14.0. The van der Waals surface area contributed by atoms with Gasteiger partial charge < -0.3 is 15.6 Å². The fourth-order valence-electron chi connectivity index (χ4n) is 2.04. The van der Waals surface area contributed by atoms with Gasteiger partial charge in [-0.1, -0.05) is 18.1 Å². The largest absolute Gasteiger partial charge is 0.357 e. The third-order valence-corrected chi connectivity index (χ3v) is 2.98. The summed E-state index contributed by atoms with van der Waals surface area (Å²) in [5.74, 6) is 4.31. The summed E-state index contributed by atoms with van der Waals surface area (Å²) in [5.41, 5.74) is 2.10. The number of benzene rings is 1. The summed E-state index contributed by atoms with van der Waals surface area (Å²) in [6.45, 7) is 4.06. The molecular formula is C16H22IN5. The number of hydrogen-bond donors (Lipinski definition) is 3. The van der Waals surface area contributed by atoms with E-state index in [0.29, 0.717) is 6.54 Å². The number of nitrogens with one attached hydrogen (secondary N) is 3. The molecule has 0 fully saturated rings. The van der Waals surface area contributed by atoms with Gasteiger partial charge >= 0.3 is 0 Å². The standard InChI is InChI=1S/C16H21N5.HI/c1-3-11-18-16(17-4-2)19-12-7-10-15-20-13-8-5-6-9-14(13)21-15;/h1,5-6,8-9H,4,7,10-12H2,2H3,(H,20,21)(H2,17,18,19);1H. The predicted octanol–water partition coefficient (Wildman–Crippen LogP) is 2.30. The van der Waals surface area contributed by atoms with Gasteiger partial charge in [0.1, 0.15) is 5.82 Å². The average molecular weight is 411 g/mol. The van der Waals surface area contributed by atoms with Crippen LogP contribution in [-0.2, 0) is 6.42 Å². The van der Waals surface area contributed by atoms with Crippen molar-refractivity contribution in [1.82, 2.24) is 20.6 Å². The lowest BCUT2D eigenvalue weighted by Crippen LogP contribution is -2.37. The van der Waals surface area contributed by atoms with Crippen LogP contribution >= 0.6 is 24.0 Å². The smallest absolute Gasteiger partial charge is 0.192 e. The predicted molar refractivity (Wildman–Crippen MR) is 103 cm³/mol. The van der Waals surface area contributed by atoms with E-state index in [0.717, 1.165) is 48.7 Å². The Bertz CT molecular complexity index is 608. The van der Waals surface area contributed by atoms with Gasteiger partial charge in [-0.3, -0.25) is 4.99 Å². The number of para-hydroxylation sites is 2. The van der Waals surface area contributed by atoms with Gasteiger partial charge in [-0.15, -0.1) is 30.4 Å². The van der Waals surface area contributed by atoms with Gasteiger partial charge in [0.2, 0.25) is 0 Å². The first kappa shape index (κ1) is 18.3. The second-order valence-corrected chi connectivity index (χ2v) is 4.62. The Balaban J connectivity index is 0.00000242. The molecule has 1 aromatic carbocycles. The van der Waals surface area contributed by atoms with Crippen LogP contribution in [0.15, 0.2) is 29.3 Å². The molecule has 22 heavy (non-hydrogen) atoms. The van der Waals surface area contributed by atoms with Crippen LogP contribution in [0.4, 0.5) is 0 Å². The van der Waals surface area contributed by atoms with Crippen LogP contribution in [0.25, 0.3) is 11.0 Å². The van der Waals surface area contributed by atoms with Gasteiger partial charge in [0.05, 0.1) is 17.6 Å². The molecule has 0 atom stereocenters. The van der Waals surface area contributed by atoms with Gasteiger partial charge in [-0.2, -0.15) is 0 Å². The molecule has 0 bridgehead atoms. The highest BCUT2D eigenvalue weighted by atomic mass is 127. The molecule has 6 heteroatoms. The van der Waals surface area contributed by atoms with Crippen molar-refractivity contribution in [1.29, 1.82) is 0 Å². The van der Waals surface area contributed by atoms with Crippen molar-refractivity contribution in [3.8, 4) is 12.3 Å². The van der Waals surface area contributed by atoms with Crippen LogP contribution in [0.3, 0.4) is 0 Å². The molecule has 118 valence electrons. The molecule has 0 saturated heterocycles. The summed E-state index contributed by atoms with van der Waals surface area (Å²) in [6.07, 6.45) is 7.05. The van der Waals surface area contributed by atoms with E-state index in [-0.39, 0.29) is 24.0 Å². The van der Waals surface area contributed by atoms with Crippen molar-refractivity contribution in [3.63, 3.8) is 0 Å². The first-order chi connectivity index (χ1) is 10.3. The summed E-state index contributed by atoms with van der Waals surface area (Å²) < 4.78 is 0. The Morgan fingerprint density at radius 3 is 2.91 bits per heavy atom. The van der Waals surface area contributed by atoms with E-state index in [9.17, 15) is 0 Å². The monoisotopic (exact) mass is 411 g/mol. The third kappa shape index (κ3) is 5.56. The molecule has 0 amide bonds. The van der Waals surface area contributed by atoms with Crippen molar-refractivity contribution in [2.75, 3.05) is 19.6 Å². The number of aromatic nitrogens is 2. The van der Waals surface area contributed by atoms with Crippen LogP contribution in [0.5, 0.6) is 0 Å². The Hall–Kier alpha value is -1.75. The SMILES string of the molecule is C#CCNC(=NCCCc1nc2ccccc2[nH]1)NCC.I. The van der Waals surface area contributed by atoms with Crippen molar-refractivity contribution >= 4 is 41.0 Å². The van der Waals surface area contributed by atoms with Crippen LogP contribution in [0.2, 0.25) is 0 Å². The molecular weight excluding hydrogens is 389 g/mol. The zero-order chi connectivity index (χ0) is 14.9. The number of H-pyrrole nitrogens is 1. The Labute approximate surface area is 148 Å². The fraction of sp³-hybridized carbons (Fsp3) is 0.375. The quantitative estimate of drug-likeness (QED) is 0.225. The maximum atomic E-state index is 5.23. The molecule has 0 saturated carbocycles. The van der Waals surface area contributed by atoms with Gasteiger partial charge in [-0.05, 0) is 25.5 Å². The number of guanidine groups is 1. The summed E-state index contributed by atoms with van der Waals surface area (Å²) in [5, 5.41) is 6.23. The molecule has 1 heterocycles. The lowest BCUT2D eigenvalue weighted by atomic mass is 10.3. The number of hydrogen-bond acceptors (Lipinski definition) is 2. The molecule has 0 spiro atoms. The summed E-state index contributed by atoms with van der Waals surface area (Å²) >= 11 is 0. The minimum absolute atomic E-state index is 0. The van der Waals surface area contributed by atoms with Crippen molar-refractivity contribution in [2.24, 2.45) is 4.99 Å². The van der Waals surface area contributed by atoms with Crippen molar-refractivity contribution in [2.45, 2.75) is 19.8 Å². The molecule has 0 unspecified atom stereocenters. The van der Waals surface area contributed by atoms with E-state index in [1.165, 1.54) is 0 Å². The Morgan fingerprint density at radius 1 is 1.36 bits per heavy atom. The zero-order valence-corrected chi connectivity index (χ0v) is 15.1. The van der Waals surface area contributed by atoms with Crippen molar-refractivity contribution in [3.05, 3.63) is 30.1 Å². The minimum Gasteiger partial charge on any atom is -0.357 e. The number of fused-ring (bicyclic) bond motifs is 1. The van der Waals surface area contributed by atoms with Crippen LogP contribution in [-0.4, -0.2) is 35.6 Å². The highest BCUT2D eigenvalue weighted by Gasteiger charge is 2.01. The molecule has 5 nitrogen and oxygen atoms in total. The Morgan fingerprint density at radius 2 is 2.18 bits per heavy atom. The average Bonchev–Trinajstić information content (AvgIpc) is 2.91. The van der Waals surface area contributed by atoms with Crippen LogP contribution in [0.1, 0.15) is 19.2 Å². The number of rotatable bonds is 6. The molecule has 0 aliphatic rings. The molecule has 0 radical (unpaired) electrons. The lowest BCUT2D eigenvalue weighted by Gasteiger charge is -2.08. The summed E-state index contributed by atoms with van der Waals surface area (Å²) in [6, 6.07) is 8.06. The van der Waals surface area contributed by atoms with E-state index in [1.807, 2.05) is 31.2 Å². The number of aliphatic imine (C=N–C) groups is 1. The van der Waals surface area contributed by atoms with Crippen molar-refractivity contribution < 1.29 is 0 Å². The number of aryl methyl sites for hydroxylation is 1.